The molecule has 5 nitrogen and oxygen atoms in total. The van der Waals surface area contributed by atoms with Gasteiger partial charge in [0, 0.05) is 23.0 Å². The van der Waals surface area contributed by atoms with E-state index >= 15 is 0 Å². The third kappa shape index (κ3) is 2.26. The summed E-state index contributed by atoms with van der Waals surface area (Å²) in [7, 11) is 0. The monoisotopic (exact) mass is 290 g/mol. The van der Waals surface area contributed by atoms with Gasteiger partial charge >= 0.3 is 0 Å². The number of fused-ring (bicyclic) bond motifs is 1. The van der Waals surface area contributed by atoms with Crippen LogP contribution in [0.2, 0.25) is 0 Å². The Morgan fingerprint density at radius 3 is 2.68 bits per heavy atom. The third-order valence-corrected chi connectivity index (χ3v) is 4.14. The van der Waals surface area contributed by atoms with E-state index in [0.29, 0.717) is 15.9 Å². The molecular formula is C12H10N4OS2. The van der Waals surface area contributed by atoms with Crippen molar-refractivity contribution in [2.45, 2.75) is 24.0 Å². The van der Waals surface area contributed by atoms with E-state index in [4.69, 9.17) is 0 Å². The summed E-state index contributed by atoms with van der Waals surface area (Å²) in [4.78, 5) is 25.1. The van der Waals surface area contributed by atoms with Crippen LogP contribution in [0, 0.1) is 13.8 Å². The lowest BCUT2D eigenvalue weighted by molar-refractivity contribution is 0.111. The molecule has 0 aliphatic carbocycles. The fraction of sp³-hybridized carbons (Fsp3) is 0.167. The Bertz CT molecular complexity index is 742. The molecule has 0 aliphatic heterocycles. The van der Waals surface area contributed by atoms with Crippen LogP contribution in [0.15, 0.2) is 27.8 Å². The van der Waals surface area contributed by atoms with Crippen molar-refractivity contribution in [1.29, 1.82) is 0 Å². The molecular weight excluding hydrogens is 280 g/mol. The third-order valence-electron chi connectivity index (χ3n) is 2.53. The first-order valence-corrected chi connectivity index (χ1v) is 7.28. The van der Waals surface area contributed by atoms with Gasteiger partial charge in [0.2, 0.25) is 0 Å². The number of nitrogens with zero attached hydrogens (tertiary/aromatic N) is 4. The Morgan fingerprint density at radius 2 is 2.00 bits per heavy atom. The molecule has 3 aromatic rings. The number of aryl methyl sites for hydroxylation is 2. The molecule has 0 N–H and O–H groups in total. The lowest BCUT2D eigenvalue weighted by Crippen LogP contribution is -1.94. The normalized spacial score (nSPS) is 11.1. The predicted octanol–water partition coefficient (Wildman–Crippen LogP) is 2.77. The topological polar surface area (TPSA) is 60.2 Å². The maximum Gasteiger partial charge on any atom is 0.195 e. The van der Waals surface area contributed by atoms with Crippen LogP contribution in [0.3, 0.4) is 0 Å². The second kappa shape index (κ2) is 4.75. The van der Waals surface area contributed by atoms with Gasteiger partial charge < -0.3 is 0 Å². The maximum atomic E-state index is 11.2. The van der Waals surface area contributed by atoms with Crippen LogP contribution >= 0.6 is 23.1 Å². The van der Waals surface area contributed by atoms with Crippen molar-refractivity contribution < 1.29 is 4.79 Å². The number of aldehydes is 1. The average molecular weight is 290 g/mol. The number of imidazole rings is 1. The summed E-state index contributed by atoms with van der Waals surface area (Å²) in [5, 5.41) is 3.16. The zero-order valence-electron chi connectivity index (χ0n) is 10.3. The molecule has 0 aromatic carbocycles. The van der Waals surface area contributed by atoms with E-state index in [0.717, 1.165) is 22.6 Å². The molecule has 0 atom stereocenters. The molecule has 0 bridgehead atoms. The highest BCUT2D eigenvalue weighted by Crippen LogP contribution is 2.29. The van der Waals surface area contributed by atoms with E-state index < -0.39 is 0 Å². The van der Waals surface area contributed by atoms with Crippen molar-refractivity contribution in [3.05, 3.63) is 34.7 Å². The van der Waals surface area contributed by atoms with Gasteiger partial charge in [-0.3, -0.25) is 9.20 Å². The lowest BCUT2D eigenvalue weighted by atomic mass is 10.4. The van der Waals surface area contributed by atoms with E-state index in [1.807, 2.05) is 31.5 Å². The Hall–Kier alpha value is -1.73. The van der Waals surface area contributed by atoms with Crippen molar-refractivity contribution in [1.82, 2.24) is 19.4 Å². The number of carbonyl (C=O) groups excluding carboxylic acids is 1. The molecule has 0 amide bonds. The van der Waals surface area contributed by atoms with Crippen molar-refractivity contribution in [3.63, 3.8) is 0 Å². The number of hydrogen-bond donors (Lipinski definition) is 0. The minimum Gasteiger partial charge on any atom is -0.296 e. The smallest absolute Gasteiger partial charge is 0.195 e. The summed E-state index contributed by atoms with van der Waals surface area (Å²) in [5.41, 5.74) is 2.36. The fourth-order valence-electron chi connectivity index (χ4n) is 1.79. The summed E-state index contributed by atoms with van der Waals surface area (Å²) in [6.45, 7) is 3.84. The number of rotatable bonds is 3. The average Bonchev–Trinajstić information content (AvgIpc) is 2.87. The highest BCUT2D eigenvalue weighted by molar-refractivity contribution is 7.99. The van der Waals surface area contributed by atoms with E-state index in [2.05, 4.69) is 15.0 Å². The maximum absolute atomic E-state index is 11.2. The standard InChI is InChI=1S/C12H10N4OS2/c1-7-5-8(2)14-11(13-7)19-10-9(6-17)16-3-4-18-12(16)15-10/h3-6H,1-2H3. The van der Waals surface area contributed by atoms with Crippen LogP contribution in [-0.4, -0.2) is 25.6 Å². The molecule has 3 rings (SSSR count). The Balaban J connectivity index is 2.04. The molecule has 0 unspecified atom stereocenters. The molecule has 3 heterocycles. The van der Waals surface area contributed by atoms with Gasteiger partial charge in [0.05, 0.1) is 0 Å². The Morgan fingerprint density at radius 1 is 1.26 bits per heavy atom. The van der Waals surface area contributed by atoms with Gasteiger partial charge in [0.15, 0.2) is 16.4 Å². The molecule has 0 aliphatic rings. The second-order valence-corrected chi connectivity index (χ2v) is 5.84. The summed E-state index contributed by atoms with van der Waals surface area (Å²) < 4.78 is 1.78. The van der Waals surface area contributed by atoms with Crippen LogP contribution in [0.4, 0.5) is 0 Å². The van der Waals surface area contributed by atoms with Gasteiger partial charge in [-0.05, 0) is 31.7 Å². The summed E-state index contributed by atoms with van der Waals surface area (Å²) >= 11 is 2.81. The SMILES string of the molecule is Cc1cc(C)nc(Sc2nc3sccn3c2C=O)n1. The Labute approximate surface area is 117 Å². The van der Waals surface area contributed by atoms with Gasteiger partial charge in [0.1, 0.15) is 10.7 Å². The summed E-state index contributed by atoms with van der Waals surface area (Å²) in [6, 6.07) is 1.91. The quantitative estimate of drug-likeness (QED) is 0.548. The van der Waals surface area contributed by atoms with Crippen LogP contribution in [0.5, 0.6) is 0 Å². The molecule has 0 saturated heterocycles. The molecule has 0 saturated carbocycles. The van der Waals surface area contributed by atoms with E-state index in [-0.39, 0.29) is 0 Å². The molecule has 0 fully saturated rings. The van der Waals surface area contributed by atoms with Crippen LogP contribution < -0.4 is 0 Å². The second-order valence-electron chi connectivity index (χ2n) is 4.01. The highest BCUT2D eigenvalue weighted by Gasteiger charge is 2.15. The van der Waals surface area contributed by atoms with Crippen molar-refractivity contribution >= 4 is 34.3 Å². The predicted molar refractivity (Wildman–Crippen MR) is 74.1 cm³/mol. The van der Waals surface area contributed by atoms with Gasteiger partial charge in [-0.1, -0.05) is 0 Å². The summed E-state index contributed by atoms with van der Waals surface area (Å²) in [5.74, 6) is 0. The highest BCUT2D eigenvalue weighted by atomic mass is 32.2. The van der Waals surface area contributed by atoms with Crippen molar-refractivity contribution in [3.8, 4) is 0 Å². The number of thiazole rings is 1. The van der Waals surface area contributed by atoms with Gasteiger partial charge in [-0.25, -0.2) is 15.0 Å². The largest absolute Gasteiger partial charge is 0.296 e. The molecule has 96 valence electrons. The molecule has 0 spiro atoms. The minimum absolute atomic E-state index is 0.545. The van der Waals surface area contributed by atoms with E-state index in [1.54, 1.807) is 4.40 Å². The first-order valence-electron chi connectivity index (χ1n) is 5.58. The van der Waals surface area contributed by atoms with Crippen LogP contribution in [0.1, 0.15) is 21.9 Å². The zero-order chi connectivity index (χ0) is 13.4. The van der Waals surface area contributed by atoms with Crippen LogP contribution in [-0.2, 0) is 0 Å². The number of aromatic nitrogens is 4. The van der Waals surface area contributed by atoms with Crippen molar-refractivity contribution in [2.75, 3.05) is 0 Å². The van der Waals surface area contributed by atoms with Crippen molar-refractivity contribution in [2.24, 2.45) is 0 Å². The number of hydrogen-bond acceptors (Lipinski definition) is 6. The molecule has 19 heavy (non-hydrogen) atoms. The first kappa shape index (κ1) is 12.3. The minimum atomic E-state index is 0.545. The molecule has 0 radical (unpaired) electrons. The van der Waals surface area contributed by atoms with Crippen LogP contribution in [0.25, 0.3) is 4.96 Å². The van der Waals surface area contributed by atoms with Gasteiger partial charge in [-0.2, -0.15) is 0 Å². The fourth-order valence-corrected chi connectivity index (χ4v) is 3.51. The number of carbonyl (C=O) groups is 1. The first-order chi connectivity index (χ1) is 9.17. The zero-order valence-corrected chi connectivity index (χ0v) is 12.0. The van der Waals surface area contributed by atoms with E-state index in [1.165, 1.54) is 23.1 Å². The molecule has 3 aromatic heterocycles. The van der Waals surface area contributed by atoms with Gasteiger partial charge in [0.25, 0.3) is 0 Å². The lowest BCUT2D eigenvalue weighted by Gasteiger charge is -2.01. The molecule has 7 heteroatoms. The van der Waals surface area contributed by atoms with Gasteiger partial charge in [-0.15, -0.1) is 11.3 Å². The summed E-state index contributed by atoms with van der Waals surface area (Å²) in [6.07, 6.45) is 2.65. The Kier molecular flexibility index (Phi) is 3.08. The van der Waals surface area contributed by atoms with E-state index in [9.17, 15) is 4.79 Å².